The molecule has 8 heteroatoms. The number of carboxylic acid groups (broad SMARTS) is 2. The number of fused-ring (bicyclic) bond motifs is 1. The van der Waals surface area contributed by atoms with Crippen LogP contribution in [-0.4, -0.2) is 37.5 Å². The summed E-state index contributed by atoms with van der Waals surface area (Å²) in [5.41, 5.74) is 0.442. The van der Waals surface area contributed by atoms with Gasteiger partial charge in [0, 0.05) is 5.56 Å². The first kappa shape index (κ1) is 12.1. The third-order valence-corrected chi connectivity index (χ3v) is 3.07. The van der Waals surface area contributed by atoms with Crippen LogP contribution in [0.25, 0.3) is 10.2 Å². The largest absolute Gasteiger partial charge is 0.480 e. The molecule has 1 aromatic heterocycles. The smallest absolute Gasteiger partial charge is 0.325 e. The second kappa shape index (κ2) is 4.49. The Balaban J connectivity index is 2.54. The number of carbonyl (C=O) groups is 3. The van der Waals surface area contributed by atoms with E-state index in [1.165, 1.54) is 12.1 Å². The number of ketones is 1. The van der Waals surface area contributed by atoms with Crippen LogP contribution in [0.1, 0.15) is 10.4 Å². The number of carbonyl (C=O) groups excluding carboxylic acids is 1. The fourth-order valence-electron chi connectivity index (χ4n) is 1.48. The summed E-state index contributed by atoms with van der Waals surface area (Å²) in [5, 5.41) is 21.3. The van der Waals surface area contributed by atoms with Gasteiger partial charge in [0.15, 0.2) is 5.78 Å². The molecule has 1 heterocycles. The number of carboxylic acids is 2. The lowest BCUT2D eigenvalue weighted by Gasteiger charge is -2.06. The van der Waals surface area contributed by atoms with Crippen LogP contribution >= 0.6 is 11.5 Å². The molecule has 0 saturated heterocycles. The van der Waals surface area contributed by atoms with Crippen molar-refractivity contribution < 1.29 is 24.6 Å². The molecule has 0 aliphatic heterocycles. The Morgan fingerprint density at radius 3 is 2.44 bits per heavy atom. The van der Waals surface area contributed by atoms with E-state index in [1.807, 2.05) is 0 Å². The summed E-state index contributed by atoms with van der Waals surface area (Å²) in [6.45, 7) is 0. The van der Waals surface area contributed by atoms with Crippen LogP contribution < -0.4 is 0 Å². The molecule has 0 spiro atoms. The van der Waals surface area contributed by atoms with E-state index in [0.29, 0.717) is 10.2 Å². The number of hydrogen-bond acceptors (Lipinski definition) is 6. The van der Waals surface area contributed by atoms with E-state index in [0.717, 1.165) is 11.5 Å². The van der Waals surface area contributed by atoms with Gasteiger partial charge in [-0.25, -0.2) is 0 Å². The van der Waals surface area contributed by atoms with Gasteiger partial charge in [-0.1, -0.05) is 10.6 Å². The fourth-order valence-corrected chi connectivity index (χ4v) is 2.16. The quantitative estimate of drug-likeness (QED) is 0.616. The van der Waals surface area contributed by atoms with Gasteiger partial charge in [0.05, 0.1) is 4.70 Å². The Kier molecular flexibility index (Phi) is 3.02. The number of benzene rings is 1. The first-order chi connectivity index (χ1) is 8.52. The van der Waals surface area contributed by atoms with Crippen LogP contribution in [-0.2, 0) is 9.59 Å². The lowest BCUT2D eigenvalue weighted by atomic mass is 9.97. The minimum Gasteiger partial charge on any atom is -0.480 e. The summed E-state index contributed by atoms with van der Waals surface area (Å²) in [6.07, 6.45) is 0. The molecule has 0 aliphatic carbocycles. The molecule has 2 rings (SSSR count). The third kappa shape index (κ3) is 1.93. The first-order valence-electron chi connectivity index (χ1n) is 4.73. The minimum absolute atomic E-state index is 0.0114. The Hall–Kier alpha value is -2.35. The van der Waals surface area contributed by atoms with Crippen LogP contribution in [0, 0.1) is 5.92 Å². The predicted octanol–water partition coefficient (Wildman–Crippen LogP) is 0.659. The van der Waals surface area contributed by atoms with Gasteiger partial charge < -0.3 is 10.2 Å². The van der Waals surface area contributed by atoms with Gasteiger partial charge in [-0.05, 0) is 23.7 Å². The van der Waals surface area contributed by atoms with Crippen LogP contribution in [0.15, 0.2) is 18.2 Å². The number of hydrogen-bond donors (Lipinski definition) is 2. The standard InChI is InChI=1S/C10H6N2O5S/c13-7(6(9(14)15)10(16)17)4-2-1-3-5-8(4)18-12-11-5/h1-3,6H,(H,14,15)(H,16,17). The summed E-state index contributed by atoms with van der Waals surface area (Å²) in [7, 11) is 0. The molecule has 2 N–H and O–H groups in total. The fraction of sp³-hybridized carbons (Fsp3) is 0.100. The van der Waals surface area contributed by atoms with Gasteiger partial charge in [-0.3, -0.25) is 14.4 Å². The molecular formula is C10H6N2O5S. The summed E-state index contributed by atoms with van der Waals surface area (Å²) in [5.74, 6) is -6.48. The molecule has 0 unspecified atom stereocenters. The molecule has 18 heavy (non-hydrogen) atoms. The van der Waals surface area contributed by atoms with Crippen molar-refractivity contribution in [3.05, 3.63) is 23.8 Å². The zero-order valence-corrected chi connectivity index (χ0v) is 9.55. The normalized spacial score (nSPS) is 10.7. The van der Waals surface area contributed by atoms with Crippen molar-refractivity contribution >= 4 is 39.5 Å². The lowest BCUT2D eigenvalue weighted by molar-refractivity contribution is -0.151. The second-order valence-corrected chi connectivity index (χ2v) is 4.15. The molecule has 0 bridgehead atoms. The van der Waals surface area contributed by atoms with E-state index in [9.17, 15) is 14.4 Å². The van der Waals surface area contributed by atoms with Crippen molar-refractivity contribution in [3.8, 4) is 0 Å². The third-order valence-electron chi connectivity index (χ3n) is 2.30. The molecule has 0 atom stereocenters. The maximum absolute atomic E-state index is 11.9. The van der Waals surface area contributed by atoms with Crippen LogP contribution in [0.5, 0.6) is 0 Å². The van der Waals surface area contributed by atoms with Gasteiger partial charge in [-0.15, -0.1) is 5.10 Å². The molecule has 7 nitrogen and oxygen atoms in total. The van der Waals surface area contributed by atoms with Crippen LogP contribution in [0.3, 0.4) is 0 Å². The molecule has 2 aromatic rings. The lowest BCUT2D eigenvalue weighted by Crippen LogP contribution is -2.31. The number of aliphatic carboxylic acids is 2. The highest BCUT2D eigenvalue weighted by atomic mass is 32.1. The highest BCUT2D eigenvalue weighted by Crippen LogP contribution is 2.23. The van der Waals surface area contributed by atoms with Crippen molar-refractivity contribution in [1.82, 2.24) is 9.59 Å². The topological polar surface area (TPSA) is 117 Å². The molecule has 92 valence electrons. The zero-order valence-electron chi connectivity index (χ0n) is 8.73. The maximum atomic E-state index is 11.9. The van der Waals surface area contributed by atoms with Gasteiger partial charge in [-0.2, -0.15) is 0 Å². The van der Waals surface area contributed by atoms with E-state index >= 15 is 0 Å². The molecule has 0 fully saturated rings. The van der Waals surface area contributed by atoms with Crippen molar-refractivity contribution in [2.24, 2.45) is 5.92 Å². The second-order valence-electron chi connectivity index (χ2n) is 3.40. The summed E-state index contributed by atoms with van der Waals surface area (Å²) in [4.78, 5) is 33.5. The van der Waals surface area contributed by atoms with Gasteiger partial charge in [0.2, 0.25) is 5.92 Å². The molecule has 0 amide bonds. The highest BCUT2D eigenvalue weighted by Gasteiger charge is 2.35. The van der Waals surface area contributed by atoms with E-state index in [4.69, 9.17) is 10.2 Å². The number of Topliss-reactive ketones (excluding diaryl/α,β-unsaturated/α-hetero) is 1. The zero-order chi connectivity index (χ0) is 13.3. The van der Waals surface area contributed by atoms with Crippen molar-refractivity contribution in [2.75, 3.05) is 0 Å². The number of aromatic nitrogens is 2. The molecule has 1 aromatic carbocycles. The molecule has 0 saturated carbocycles. The Morgan fingerprint density at radius 2 is 1.83 bits per heavy atom. The Bertz CT molecular complexity index is 637. The summed E-state index contributed by atoms with van der Waals surface area (Å²) < 4.78 is 4.02. The minimum atomic E-state index is -2.11. The van der Waals surface area contributed by atoms with Gasteiger partial charge in [0.25, 0.3) is 0 Å². The van der Waals surface area contributed by atoms with Crippen molar-refractivity contribution in [2.45, 2.75) is 0 Å². The van der Waals surface area contributed by atoms with Crippen molar-refractivity contribution in [1.29, 1.82) is 0 Å². The monoisotopic (exact) mass is 266 g/mol. The predicted molar refractivity (Wildman–Crippen MR) is 60.5 cm³/mol. The Morgan fingerprint density at radius 1 is 1.17 bits per heavy atom. The summed E-state index contributed by atoms with van der Waals surface area (Å²) >= 11 is 0.915. The first-order valence-corrected chi connectivity index (χ1v) is 5.50. The van der Waals surface area contributed by atoms with E-state index in [1.54, 1.807) is 6.07 Å². The van der Waals surface area contributed by atoms with Gasteiger partial charge in [0.1, 0.15) is 5.52 Å². The van der Waals surface area contributed by atoms with Crippen LogP contribution in [0.2, 0.25) is 0 Å². The molecular weight excluding hydrogens is 260 g/mol. The molecule has 0 aliphatic rings. The Labute approximate surface area is 104 Å². The maximum Gasteiger partial charge on any atom is 0.325 e. The van der Waals surface area contributed by atoms with Gasteiger partial charge >= 0.3 is 11.9 Å². The highest BCUT2D eigenvalue weighted by molar-refractivity contribution is 7.13. The van der Waals surface area contributed by atoms with E-state index in [2.05, 4.69) is 9.59 Å². The number of nitrogens with zero attached hydrogens (tertiary/aromatic N) is 2. The van der Waals surface area contributed by atoms with E-state index < -0.39 is 23.6 Å². The average Bonchev–Trinajstić information content (AvgIpc) is 2.75. The average molecular weight is 266 g/mol. The number of rotatable bonds is 4. The van der Waals surface area contributed by atoms with Crippen LogP contribution in [0.4, 0.5) is 0 Å². The SMILES string of the molecule is O=C(O)C(C(=O)O)C(=O)c1cccc2nnsc12. The molecule has 0 radical (unpaired) electrons. The van der Waals surface area contributed by atoms with Crippen molar-refractivity contribution in [3.63, 3.8) is 0 Å². The van der Waals surface area contributed by atoms with E-state index in [-0.39, 0.29) is 5.56 Å². The summed E-state index contributed by atoms with van der Waals surface area (Å²) in [6, 6.07) is 4.47.